The van der Waals surface area contributed by atoms with E-state index in [-0.39, 0.29) is 30.3 Å². The van der Waals surface area contributed by atoms with Crippen LogP contribution >= 0.6 is 0 Å². The van der Waals surface area contributed by atoms with Gasteiger partial charge in [0.05, 0.1) is 11.1 Å². The van der Waals surface area contributed by atoms with Crippen LogP contribution in [-0.4, -0.2) is 54.0 Å². The highest BCUT2D eigenvalue weighted by Gasteiger charge is 2.21. The molecule has 1 aliphatic rings. The van der Waals surface area contributed by atoms with Crippen molar-refractivity contribution in [2.45, 2.75) is 6.42 Å². The number of para-hydroxylation sites is 2. The molecule has 0 bridgehead atoms. The normalized spacial score (nSPS) is 14.0. The van der Waals surface area contributed by atoms with Gasteiger partial charge < -0.3 is 19.7 Å². The summed E-state index contributed by atoms with van der Waals surface area (Å²) in [5.74, 6) is -0.308. The molecule has 1 fully saturated rings. The Morgan fingerprint density at radius 2 is 1.61 bits per heavy atom. The number of carbonyl (C=O) groups excluding carboxylic acids is 2. The van der Waals surface area contributed by atoms with Gasteiger partial charge in [0, 0.05) is 63.3 Å². The standard InChI is InChI=1S/C24H26N4O3/c1-26-21-10-6-5-9-19(21)20(17-23(26)30)24(31)25-12-11-22(29)28-15-13-27(14-16-28)18-7-3-2-4-8-18/h2-10,17H,11-16H2,1H3,(H,25,31). The van der Waals surface area contributed by atoms with Gasteiger partial charge in [0.2, 0.25) is 5.91 Å². The van der Waals surface area contributed by atoms with Gasteiger partial charge in [0.25, 0.3) is 11.5 Å². The van der Waals surface area contributed by atoms with Crippen LogP contribution in [0.15, 0.2) is 65.5 Å². The molecule has 0 spiro atoms. The third kappa shape index (κ3) is 4.45. The Bertz CT molecular complexity index is 1150. The molecule has 0 saturated carbocycles. The molecule has 160 valence electrons. The van der Waals surface area contributed by atoms with Crippen molar-refractivity contribution in [3.05, 3.63) is 76.6 Å². The molecular formula is C24H26N4O3. The first kappa shape index (κ1) is 20.7. The molecule has 1 aliphatic heterocycles. The Kier molecular flexibility index (Phi) is 6.02. The highest BCUT2D eigenvalue weighted by Crippen LogP contribution is 2.17. The van der Waals surface area contributed by atoms with E-state index >= 15 is 0 Å². The van der Waals surface area contributed by atoms with E-state index in [1.165, 1.54) is 16.3 Å². The summed E-state index contributed by atoms with van der Waals surface area (Å²) in [6.07, 6.45) is 0.236. The zero-order chi connectivity index (χ0) is 21.8. The topological polar surface area (TPSA) is 74.6 Å². The maximum atomic E-state index is 12.7. The van der Waals surface area contributed by atoms with Gasteiger partial charge in [-0.15, -0.1) is 0 Å². The summed E-state index contributed by atoms with van der Waals surface area (Å²) >= 11 is 0. The second-order valence-electron chi connectivity index (χ2n) is 7.68. The number of pyridine rings is 1. The monoisotopic (exact) mass is 418 g/mol. The Morgan fingerprint density at radius 3 is 2.35 bits per heavy atom. The van der Waals surface area contributed by atoms with Gasteiger partial charge in [0.15, 0.2) is 0 Å². The molecule has 0 radical (unpaired) electrons. The summed E-state index contributed by atoms with van der Waals surface area (Å²) in [5.41, 5.74) is 1.97. The van der Waals surface area contributed by atoms with Crippen LogP contribution in [0.1, 0.15) is 16.8 Å². The largest absolute Gasteiger partial charge is 0.368 e. The number of piperazine rings is 1. The minimum absolute atomic E-state index is 0.0295. The summed E-state index contributed by atoms with van der Waals surface area (Å²) in [4.78, 5) is 41.6. The molecule has 2 heterocycles. The Morgan fingerprint density at radius 1 is 0.935 bits per heavy atom. The number of aryl methyl sites for hydroxylation is 1. The van der Waals surface area contributed by atoms with Gasteiger partial charge in [-0.1, -0.05) is 36.4 Å². The minimum atomic E-state index is -0.337. The highest BCUT2D eigenvalue weighted by molar-refractivity contribution is 6.06. The van der Waals surface area contributed by atoms with E-state index in [1.807, 2.05) is 47.4 Å². The van der Waals surface area contributed by atoms with Gasteiger partial charge in [-0.3, -0.25) is 14.4 Å². The molecule has 7 nitrogen and oxygen atoms in total. The average molecular weight is 418 g/mol. The number of fused-ring (bicyclic) bond motifs is 1. The predicted octanol–water partition coefficient (Wildman–Crippen LogP) is 2.01. The quantitative estimate of drug-likeness (QED) is 0.688. The van der Waals surface area contributed by atoms with Crippen LogP contribution in [0.4, 0.5) is 5.69 Å². The molecule has 31 heavy (non-hydrogen) atoms. The molecular weight excluding hydrogens is 392 g/mol. The summed E-state index contributed by atoms with van der Waals surface area (Å²) in [6, 6.07) is 18.8. The number of hydrogen-bond donors (Lipinski definition) is 1. The van der Waals surface area contributed by atoms with Crippen molar-refractivity contribution in [3.63, 3.8) is 0 Å². The number of rotatable bonds is 5. The van der Waals surface area contributed by atoms with E-state index < -0.39 is 0 Å². The summed E-state index contributed by atoms with van der Waals surface area (Å²) in [7, 11) is 1.68. The van der Waals surface area contributed by atoms with Gasteiger partial charge >= 0.3 is 0 Å². The van der Waals surface area contributed by atoms with Crippen LogP contribution in [0.3, 0.4) is 0 Å². The second-order valence-corrected chi connectivity index (χ2v) is 7.68. The van der Waals surface area contributed by atoms with Crippen LogP contribution < -0.4 is 15.8 Å². The lowest BCUT2D eigenvalue weighted by molar-refractivity contribution is -0.131. The Labute approximate surface area is 180 Å². The average Bonchev–Trinajstić information content (AvgIpc) is 2.82. The van der Waals surface area contributed by atoms with E-state index in [2.05, 4.69) is 22.3 Å². The molecule has 3 aromatic rings. The number of carbonyl (C=O) groups is 2. The number of amides is 2. The fourth-order valence-corrected chi connectivity index (χ4v) is 3.99. The molecule has 4 rings (SSSR count). The fraction of sp³-hybridized carbons (Fsp3) is 0.292. The third-order valence-electron chi connectivity index (χ3n) is 5.78. The maximum Gasteiger partial charge on any atom is 0.252 e. The molecule has 1 aromatic heterocycles. The molecule has 7 heteroatoms. The van der Waals surface area contributed by atoms with Crippen molar-refractivity contribution >= 4 is 28.4 Å². The van der Waals surface area contributed by atoms with E-state index in [0.717, 1.165) is 13.1 Å². The van der Waals surface area contributed by atoms with Gasteiger partial charge in [-0.2, -0.15) is 0 Å². The second kappa shape index (κ2) is 9.04. The first-order valence-electron chi connectivity index (χ1n) is 10.5. The lowest BCUT2D eigenvalue weighted by Crippen LogP contribution is -2.49. The number of anilines is 1. The minimum Gasteiger partial charge on any atom is -0.368 e. The lowest BCUT2D eigenvalue weighted by atomic mass is 10.1. The Balaban J connectivity index is 1.31. The van der Waals surface area contributed by atoms with Crippen molar-refractivity contribution in [1.82, 2.24) is 14.8 Å². The molecule has 0 unspecified atom stereocenters. The number of benzene rings is 2. The van der Waals surface area contributed by atoms with Crippen molar-refractivity contribution in [2.24, 2.45) is 7.05 Å². The lowest BCUT2D eigenvalue weighted by Gasteiger charge is -2.36. The van der Waals surface area contributed by atoms with Crippen LogP contribution in [0.5, 0.6) is 0 Å². The maximum absolute atomic E-state index is 12.7. The summed E-state index contributed by atoms with van der Waals surface area (Å²) in [6.45, 7) is 3.16. The van der Waals surface area contributed by atoms with Gasteiger partial charge in [0.1, 0.15) is 0 Å². The molecule has 2 aromatic carbocycles. The molecule has 0 atom stereocenters. The van der Waals surface area contributed by atoms with Gasteiger partial charge in [-0.25, -0.2) is 0 Å². The van der Waals surface area contributed by atoms with Crippen LogP contribution in [0.25, 0.3) is 10.9 Å². The van der Waals surface area contributed by atoms with Crippen molar-refractivity contribution in [2.75, 3.05) is 37.6 Å². The van der Waals surface area contributed by atoms with Gasteiger partial charge in [-0.05, 0) is 18.2 Å². The molecule has 2 amide bonds. The summed E-state index contributed by atoms with van der Waals surface area (Å²) < 4.78 is 1.52. The predicted molar refractivity (Wildman–Crippen MR) is 121 cm³/mol. The first-order valence-corrected chi connectivity index (χ1v) is 10.5. The van der Waals surface area contributed by atoms with E-state index in [1.54, 1.807) is 7.05 Å². The Hall–Kier alpha value is -3.61. The zero-order valence-corrected chi connectivity index (χ0v) is 17.6. The van der Waals surface area contributed by atoms with Crippen LogP contribution in [-0.2, 0) is 11.8 Å². The molecule has 1 N–H and O–H groups in total. The van der Waals surface area contributed by atoms with Crippen molar-refractivity contribution in [1.29, 1.82) is 0 Å². The van der Waals surface area contributed by atoms with Crippen LogP contribution in [0, 0.1) is 0 Å². The summed E-state index contributed by atoms with van der Waals surface area (Å²) in [5, 5.41) is 3.51. The van der Waals surface area contributed by atoms with E-state index in [0.29, 0.717) is 29.6 Å². The molecule has 1 saturated heterocycles. The highest BCUT2D eigenvalue weighted by atomic mass is 16.2. The number of nitrogens with one attached hydrogen (secondary N) is 1. The van der Waals surface area contributed by atoms with Crippen LogP contribution in [0.2, 0.25) is 0 Å². The molecule has 0 aliphatic carbocycles. The number of nitrogens with zero attached hydrogens (tertiary/aromatic N) is 3. The van der Waals surface area contributed by atoms with E-state index in [9.17, 15) is 14.4 Å². The number of hydrogen-bond acceptors (Lipinski definition) is 4. The fourth-order valence-electron chi connectivity index (χ4n) is 3.99. The van der Waals surface area contributed by atoms with E-state index in [4.69, 9.17) is 0 Å². The third-order valence-corrected chi connectivity index (χ3v) is 5.78. The first-order chi connectivity index (χ1) is 15.0. The smallest absolute Gasteiger partial charge is 0.252 e. The van der Waals surface area contributed by atoms with Crippen molar-refractivity contribution in [3.8, 4) is 0 Å². The zero-order valence-electron chi connectivity index (χ0n) is 17.6. The SMILES string of the molecule is Cn1c(=O)cc(C(=O)NCCC(=O)N2CCN(c3ccccc3)CC2)c2ccccc21. The van der Waals surface area contributed by atoms with Crippen molar-refractivity contribution < 1.29 is 9.59 Å². The number of aromatic nitrogens is 1.